The number of amides is 2. The number of aromatic amines is 1. The summed E-state index contributed by atoms with van der Waals surface area (Å²) < 4.78 is 15.8. The van der Waals surface area contributed by atoms with E-state index in [1.165, 1.54) is 21.3 Å². The summed E-state index contributed by atoms with van der Waals surface area (Å²) in [5, 5.41) is 12.8. The number of ether oxygens (including phenoxy) is 3. The fourth-order valence-corrected chi connectivity index (χ4v) is 3.22. The topological polar surface area (TPSA) is 132 Å². The minimum absolute atomic E-state index is 0.0981. The molecule has 2 amide bonds. The lowest BCUT2D eigenvalue weighted by Crippen LogP contribution is -2.42. The second-order valence-electron chi connectivity index (χ2n) is 6.91. The fourth-order valence-electron chi connectivity index (χ4n) is 3.22. The van der Waals surface area contributed by atoms with Gasteiger partial charge in [0.1, 0.15) is 6.04 Å². The molecule has 0 bridgehead atoms. The molecule has 0 aliphatic carbocycles. The van der Waals surface area contributed by atoms with Crippen LogP contribution in [0.1, 0.15) is 12.6 Å². The number of carbonyl (C=O) groups is 2. The predicted molar refractivity (Wildman–Crippen MR) is 118 cm³/mol. The molecule has 1 heterocycles. The first-order valence-electron chi connectivity index (χ1n) is 9.74. The third-order valence-corrected chi connectivity index (χ3v) is 4.81. The van der Waals surface area contributed by atoms with E-state index in [1.807, 2.05) is 0 Å². The van der Waals surface area contributed by atoms with Gasteiger partial charge in [-0.05, 0) is 13.0 Å². The quantitative estimate of drug-likeness (QED) is 0.485. The van der Waals surface area contributed by atoms with Gasteiger partial charge in [0.05, 0.1) is 38.8 Å². The van der Waals surface area contributed by atoms with Gasteiger partial charge in [0.15, 0.2) is 11.5 Å². The van der Waals surface area contributed by atoms with E-state index in [-0.39, 0.29) is 12.0 Å². The maximum atomic E-state index is 12.6. The van der Waals surface area contributed by atoms with Gasteiger partial charge in [0.25, 0.3) is 5.56 Å². The highest BCUT2D eigenvalue weighted by molar-refractivity contribution is 5.98. The van der Waals surface area contributed by atoms with E-state index in [2.05, 4.69) is 20.8 Å². The molecule has 168 valence electrons. The largest absolute Gasteiger partial charge is 0.493 e. The summed E-state index contributed by atoms with van der Waals surface area (Å²) in [6.45, 7) is 1.56. The Morgan fingerprint density at radius 3 is 2.25 bits per heavy atom. The van der Waals surface area contributed by atoms with E-state index in [1.54, 1.807) is 43.3 Å². The molecule has 3 rings (SSSR count). The average molecular weight is 440 g/mol. The number of hydrogen-bond acceptors (Lipinski definition) is 7. The lowest BCUT2D eigenvalue weighted by Gasteiger charge is -2.17. The summed E-state index contributed by atoms with van der Waals surface area (Å²) in [7, 11) is 4.43. The number of fused-ring (bicyclic) bond motifs is 1. The molecule has 0 aliphatic rings. The second-order valence-corrected chi connectivity index (χ2v) is 6.91. The Bertz CT molecular complexity index is 1180. The number of aromatic nitrogens is 2. The molecule has 3 N–H and O–H groups in total. The van der Waals surface area contributed by atoms with Gasteiger partial charge in [-0.15, -0.1) is 0 Å². The van der Waals surface area contributed by atoms with Crippen molar-refractivity contribution in [3.05, 3.63) is 52.4 Å². The van der Waals surface area contributed by atoms with Crippen LogP contribution in [0.25, 0.3) is 10.8 Å². The number of nitrogens with one attached hydrogen (secondary N) is 3. The molecule has 1 aromatic heterocycles. The third kappa shape index (κ3) is 4.80. The van der Waals surface area contributed by atoms with Crippen LogP contribution in [0.5, 0.6) is 17.2 Å². The molecule has 0 aliphatic heterocycles. The van der Waals surface area contributed by atoms with Crippen molar-refractivity contribution in [3.8, 4) is 17.2 Å². The van der Waals surface area contributed by atoms with E-state index < -0.39 is 17.9 Å². The van der Waals surface area contributed by atoms with Crippen molar-refractivity contribution in [1.82, 2.24) is 15.5 Å². The zero-order valence-electron chi connectivity index (χ0n) is 18.1. The molecule has 3 aromatic rings. The molecule has 0 spiro atoms. The highest BCUT2D eigenvalue weighted by atomic mass is 16.5. The van der Waals surface area contributed by atoms with E-state index in [0.717, 1.165) is 0 Å². The van der Waals surface area contributed by atoms with Crippen LogP contribution in [0.2, 0.25) is 0 Å². The van der Waals surface area contributed by atoms with Crippen LogP contribution in [0.4, 0.5) is 5.69 Å². The maximum absolute atomic E-state index is 12.6. The number of anilines is 1. The Labute approximate surface area is 183 Å². The number of carbonyl (C=O) groups excluding carboxylic acids is 2. The number of rotatable bonds is 8. The second kappa shape index (κ2) is 9.82. The zero-order valence-corrected chi connectivity index (χ0v) is 18.1. The molecule has 0 radical (unpaired) electrons. The standard InChI is InChI=1S/C22H24N4O6/c1-12(21(28)24-13-9-17(30-2)20(32-4)18(10-13)31-3)23-19(27)11-16-14-7-5-6-8-15(14)22(29)26-25-16/h5-10,12H,11H2,1-4H3,(H,23,27)(H,24,28)(H,26,29)/t12-/m1/s1. The van der Waals surface area contributed by atoms with Gasteiger partial charge in [-0.1, -0.05) is 18.2 Å². The summed E-state index contributed by atoms with van der Waals surface area (Å²) in [6.07, 6.45) is -0.0981. The molecule has 0 saturated heterocycles. The number of methoxy groups -OCH3 is 3. The molecule has 10 nitrogen and oxygen atoms in total. The molecule has 32 heavy (non-hydrogen) atoms. The van der Waals surface area contributed by atoms with Gasteiger partial charge in [-0.3, -0.25) is 14.4 Å². The van der Waals surface area contributed by atoms with Gasteiger partial charge >= 0.3 is 0 Å². The molecule has 1 atom stereocenters. The van der Waals surface area contributed by atoms with Crippen LogP contribution in [-0.4, -0.2) is 49.4 Å². The summed E-state index contributed by atoms with van der Waals surface area (Å²) >= 11 is 0. The number of benzene rings is 2. The number of H-pyrrole nitrogens is 1. The van der Waals surface area contributed by atoms with Crippen molar-refractivity contribution in [2.75, 3.05) is 26.6 Å². The Morgan fingerprint density at radius 1 is 1.03 bits per heavy atom. The highest BCUT2D eigenvalue weighted by Gasteiger charge is 2.20. The Kier molecular flexibility index (Phi) is 6.93. The lowest BCUT2D eigenvalue weighted by molar-refractivity contribution is -0.125. The predicted octanol–water partition coefficient (Wildman–Crippen LogP) is 1.63. The van der Waals surface area contributed by atoms with Crippen molar-refractivity contribution in [1.29, 1.82) is 0 Å². The SMILES string of the molecule is COc1cc(NC(=O)[C@@H](C)NC(=O)Cc2n[nH]c(=O)c3ccccc23)cc(OC)c1OC. The van der Waals surface area contributed by atoms with Gasteiger partial charge in [-0.2, -0.15) is 5.10 Å². The first-order valence-corrected chi connectivity index (χ1v) is 9.74. The van der Waals surface area contributed by atoms with Crippen LogP contribution in [0.3, 0.4) is 0 Å². The Morgan fingerprint density at radius 2 is 1.66 bits per heavy atom. The van der Waals surface area contributed by atoms with E-state index >= 15 is 0 Å². The van der Waals surface area contributed by atoms with Crippen molar-refractivity contribution in [2.45, 2.75) is 19.4 Å². The zero-order chi connectivity index (χ0) is 23.3. The van der Waals surface area contributed by atoms with Gasteiger partial charge in [0, 0.05) is 23.2 Å². The molecule has 2 aromatic carbocycles. The van der Waals surface area contributed by atoms with Gasteiger partial charge in [-0.25, -0.2) is 5.10 Å². The van der Waals surface area contributed by atoms with Crippen LogP contribution in [0, 0.1) is 0 Å². The first kappa shape index (κ1) is 22.6. The minimum Gasteiger partial charge on any atom is -0.493 e. The Balaban J connectivity index is 1.69. The molecule has 10 heteroatoms. The van der Waals surface area contributed by atoms with Gasteiger partial charge < -0.3 is 24.8 Å². The van der Waals surface area contributed by atoms with Crippen molar-refractivity contribution >= 4 is 28.3 Å². The lowest BCUT2D eigenvalue weighted by atomic mass is 10.1. The molecule has 0 saturated carbocycles. The molecule has 0 unspecified atom stereocenters. The first-order chi connectivity index (χ1) is 15.4. The number of hydrogen-bond donors (Lipinski definition) is 3. The molecule has 0 fully saturated rings. The summed E-state index contributed by atoms with van der Waals surface area (Å²) in [6, 6.07) is 9.21. The average Bonchev–Trinajstić information content (AvgIpc) is 2.80. The minimum atomic E-state index is -0.837. The smallest absolute Gasteiger partial charge is 0.272 e. The van der Waals surface area contributed by atoms with E-state index in [9.17, 15) is 14.4 Å². The highest BCUT2D eigenvalue weighted by Crippen LogP contribution is 2.39. The molecular weight excluding hydrogens is 416 g/mol. The van der Waals surface area contributed by atoms with Gasteiger partial charge in [0.2, 0.25) is 17.6 Å². The fraction of sp³-hybridized carbons (Fsp3) is 0.273. The third-order valence-electron chi connectivity index (χ3n) is 4.81. The maximum Gasteiger partial charge on any atom is 0.272 e. The van der Waals surface area contributed by atoms with E-state index in [0.29, 0.717) is 39.4 Å². The van der Waals surface area contributed by atoms with Crippen LogP contribution in [-0.2, 0) is 16.0 Å². The Hall–Kier alpha value is -4.08. The van der Waals surface area contributed by atoms with Crippen LogP contribution in [0.15, 0.2) is 41.2 Å². The van der Waals surface area contributed by atoms with Crippen LogP contribution < -0.4 is 30.4 Å². The molecular formula is C22H24N4O6. The monoisotopic (exact) mass is 440 g/mol. The van der Waals surface area contributed by atoms with Crippen molar-refractivity contribution in [3.63, 3.8) is 0 Å². The summed E-state index contributed by atoms with van der Waals surface area (Å²) in [5.74, 6) is 0.314. The van der Waals surface area contributed by atoms with Crippen molar-refractivity contribution < 1.29 is 23.8 Å². The summed E-state index contributed by atoms with van der Waals surface area (Å²) in [4.78, 5) is 37.0. The number of nitrogens with zero attached hydrogens (tertiary/aromatic N) is 1. The summed E-state index contributed by atoms with van der Waals surface area (Å²) in [5.41, 5.74) is 0.497. The normalized spacial score (nSPS) is 11.5. The van der Waals surface area contributed by atoms with Crippen molar-refractivity contribution in [2.24, 2.45) is 0 Å². The van der Waals surface area contributed by atoms with E-state index in [4.69, 9.17) is 14.2 Å². The van der Waals surface area contributed by atoms with Crippen LogP contribution >= 0.6 is 0 Å².